The van der Waals surface area contributed by atoms with E-state index < -0.39 is 0 Å². The summed E-state index contributed by atoms with van der Waals surface area (Å²) in [4.78, 5) is 0. The van der Waals surface area contributed by atoms with Gasteiger partial charge in [-0.1, -0.05) is 64.5 Å². The number of hydrogen-bond donors (Lipinski definition) is 0. The van der Waals surface area contributed by atoms with Crippen LogP contribution >= 0.6 is 0 Å². The molecule has 0 N–H and O–H groups in total. The molecule has 2 heterocycles. The van der Waals surface area contributed by atoms with Crippen LogP contribution in [0.5, 0.6) is 0 Å². The minimum atomic E-state index is 0.114. The fourth-order valence-corrected chi connectivity index (χ4v) is 7.48. The highest BCUT2D eigenvalue weighted by Crippen LogP contribution is 2.68. The fraction of sp³-hybridized carbons (Fsp3) is 0.913. The second kappa shape index (κ2) is 5.86. The Morgan fingerprint density at radius 3 is 2.75 bits per heavy atom. The van der Waals surface area contributed by atoms with Crippen molar-refractivity contribution in [2.24, 2.45) is 35.5 Å². The molecule has 1 spiro atoms. The zero-order valence-electron chi connectivity index (χ0n) is 16.6. The van der Waals surface area contributed by atoms with Crippen LogP contribution in [-0.4, -0.2) is 11.2 Å². The van der Waals surface area contributed by atoms with Gasteiger partial charge in [-0.2, -0.15) is 0 Å². The van der Waals surface area contributed by atoms with Crippen LogP contribution in [0.2, 0.25) is 0 Å². The maximum atomic E-state index is 7.11. The third kappa shape index (κ3) is 2.37. The lowest BCUT2D eigenvalue weighted by Gasteiger charge is -2.60. The van der Waals surface area contributed by atoms with E-state index in [2.05, 4.69) is 40.7 Å². The predicted molar refractivity (Wildman–Crippen MR) is 101 cm³/mol. The highest BCUT2D eigenvalue weighted by molar-refractivity contribution is 5.33. The molecule has 136 valence electrons. The highest BCUT2D eigenvalue weighted by Gasteiger charge is 2.68. The van der Waals surface area contributed by atoms with Crippen LogP contribution < -0.4 is 0 Å². The number of ether oxygens (including phenoxy) is 1. The maximum absolute atomic E-state index is 7.11. The quantitative estimate of drug-likeness (QED) is 0.531. The van der Waals surface area contributed by atoms with Gasteiger partial charge < -0.3 is 4.74 Å². The van der Waals surface area contributed by atoms with E-state index in [1.54, 1.807) is 5.57 Å². The third-order valence-corrected chi connectivity index (χ3v) is 8.29. The van der Waals surface area contributed by atoms with Crippen molar-refractivity contribution in [2.45, 2.75) is 97.2 Å². The normalized spacial score (nSPS) is 47.7. The summed E-state index contributed by atoms with van der Waals surface area (Å²) in [5, 5.41) is 0. The number of hydrogen-bond acceptors (Lipinski definition) is 1. The Bertz CT molecular complexity index is 520. The maximum Gasteiger partial charge on any atom is 0.0903 e. The van der Waals surface area contributed by atoms with Crippen molar-refractivity contribution in [3.05, 3.63) is 11.6 Å². The van der Waals surface area contributed by atoms with Crippen molar-refractivity contribution >= 4 is 0 Å². The van der Waals surface area contributed by atoms with Crippen molar-refractivity contribution in [1.29, 1.82) is 0 Å². The first-order valence-corrected chi connectivity index (χ1v) is 10.8. The van der Waals surface area contributed by atoms with Gasteiger partial charge in [0.25, 0.3) is 0 Å². The second-order valence-corrected chi connectivity index (χ2v) is 10.3. The summed E-state index contributed by atoms with van der Waals surface area (Å²) in [7, 11) is 0. The molecule has 5 aliphatic rings. The summed E-state index contributed by atoms with van der Waals surface area (Å²) in [6, 6.07) is 0. The summed E-state index contributed by atoms with van der Waals surface area (Å²) in [5.41, 5.74) is 1.90. The first-order chi connectivity index (χ1) is 11.4. The Kier molecular flexibility index (Phi) is 4.18. The first kappa shape index (κ1) is 17.1. The molecule has 0 radical (unpaired) electrons. The molecule has 1 heteroatoms. The minimum absolute atomic E-state index is 0.114. The lowest BCUT2D eigenvalue weighted by Crippen LogP contribution is -2.62. The van der Waals surface area contributed by atoms with Gasteiger partial charge in [0.2, 0.25) is 0 Å². The lowest BCUT2D eigenvalue weighted by atomic mass is 9.57. The smallest absolute Gasteiger partial charge is 0.0903 e. The van der Waals surface area contributed by atoms with Gasteiger partial charge in [0.05, 0.1) is 11.2 Å². The zero-order valence-corrected chi connectivity index (χ0v) is 16.6. The number of rotatable bonds is 5. The molecule has 7 unspecified atom stereocenters. The van der Waals surface area contributed by atoms with E-state index in [-0.39, 0.29) is 11.2 Å². The van der Waals surface area contributed by atoms with E-state index in [9.17, 15) is 0 Å². The van der Waals surface area contributed by atoms with Crippen LogP contribution in [0.4, 0.5) is 0 Å². The van der Waals surface area contributed by atoms with Gasteiger partial charge in [-0.15, -0.1) is 0 Å². The third-order valence-electron chi connectivity index (χ3n) is 8.29. The predicted octanol–water partition coefficient (Wildman–Crippen LogP) is 6.38. The topological polar surface area (TPSA) is 9.23 Å². The van der Waals surface area contributed by atoms with Crippen LogP contribution in [0.15, 0.2) is 11.6 Å². The van der Waals surface area contributed by atoms with Crippen LogP contribution in [0.1, 0.15) is 86.0 Å². The molecular formula is C23H38O. The molecule has 1 saturated heterocycles. The summed E-state index contributed by atoms with van der Waals surface area (Å²) in [6.45, 7) is 12.1. The minimum Gasteiger partial charge on any atom is -0.364 e. The van der Waals surface area contributed by atoms with Gasteiger partial charge in [0.15, 0.2) is 0 Å². The van der Waals surface area contributed by atoms with Crippen LogP contribution in [0.3, 0.4) is 0 Å². The van der Waals surface area contributed by atoms with Gasteiger partial charge in [-0.3, -0.25) is 0 Å². The molecule has 2 aliphatic heterocycles. The highest BCUT2D eigenvalue weighted by atomic mass is 16.5. The average molecular weight is 331 g/mol. The van der Waals surface area contributed by atoms with E-state index in [1.165, 1.54) is 51.4 Å². The monoisotopic (exact) mass is 330 g/mol. The van der Waals surface area contributed by atoms with Gasteiger partial charge in [0.1, 0.15) is 0 Å². The Balaban J connectivity index is 1.58. The summed E-state index contributed by atoms with van der Waals surface area (Å²) < 4.78 is 7.11. The van der Waals surface area contributed by atoms with Gasteiger partial charge >= 0.3 is 0 Å². The SMILES string of the molecule is CC1=CC23CCCCC2C2CC(C(C)CCCC(C)C)C(C)(O3)C12. The molecule has 3 fully saturated rings. The largest absolute Gasteiger partial charge is 0.364 e. The molecule has 3 aliphatic carbocycles. The molecule has 0 aromatic heterocycles. The second-order valence-electron chi connectivity index (χ2n) is 10.3. The summed E-state index contributed by atoms with van der Waals surface area (Å²) in [5.74, 6) is 4.86. The van der Waals surface area contributed by atoms with E-state index in [0.29, 0.717) is 5.92 Å². The van der Waals surface area contributed by atoms with Gasteiger partial charge in [-0.05, 0) is 62.7 Å². The molecule has 5 rings (SSSR count). The zero-order chi connectivity index (χ0) is 17.1. The summed E-state index contributed by atoms with van der Waals surface area (Å²) in [6.07, 6.45) is 13.7. The van der Waals surface area contributed by atoms with E-state index in [0.717, 1.165) is 29.6 Å². The van der Waals surface area contributed by atoms with Crippen molar-refractivity contribution in [3.8, 4) is 0 Å². The van der Waals surface area contributed by atoms with Crippen LogP contribution in [0.25, 0.3) is 0 Å². The van der Waals surface area contributed by atoms with Gasteiger partial charge in [-0.25, -0.2) is 0 Å². The molecule has 2 saturated carbocycles. The standard InChI is InChI=1S/C23H38O/c1-15(2)9-8-10-16(3)20-13-18-19-11-6-7-12-23(19)14-17(4)21(18)22(20,5)24-23/h14-16,18-21H,6-13H2,1-5H3. The molecule has 0 amide bonds. The molecular weight excluding hydrogens is 292 g/mol. The van der Waals surface area contributed by atoms with Crippen molar-refractivity contribution in [2.75, 3.05) is 0 Å². The van der Waals surface area contributed by atoms with Crippen molar-refractivity contribution in [3.63, 3.8) is 0 Å². The Morgan fingerprint density at radius 2 is 2.00 bits per heavy atom. The Hall–Kier alpha value is -0.300. The molecule has 1 nitrogen and oxygen atoms in total. The summed E-state index contributed by atoms with van der Waals surface area (Å²) >= 11 is 0. The Morgan fingerprint density at radius 1 is 1.21 bits per heavy atom. The molecule has 4 bridgehead atoms. The van der Waals surface area contributed by atoms with Crippen molar-refractivity contribution in [1.82, 2.24) is 0 Å². The Labute approximate surface area is 149 Å². The van der Waals surface area contributed by atoms with Crippen LogP contribution in [0, 0.1) is 35.5 Å². The van der Waals surface area contributed by atoms with Crippen molar-refractivity contribution < 1.29 is 4.74 Å². The first-order valence-electron chi connectivity index (χ1n) is 10.8. The molecule has 24 heavy (non-hydrogen) atoms. The van der Waals surface area contributed by atoms with E-state index >= 15 is 0 Å². The van der Waals surface area contributed by atoms with Crippen LogP contribution in [-0.2, 0) is 4.74 Å². The molecule has 0 aromatic carbocycles. The lowest BCUT2D eigenvalue weighted by molar-refractivity contribution is -0.241. The molecule has 7 atom stereocenters. The fourth-order valence-electron chi connectivity index (χ4n) is 7.48. The molecule has 0 aromatic rings. The average Bonchev–Trinajstić information content (AvgIpc) is 2.75. The van der Waals surface area contributed by atoms with Gasteiger partial charge in [0, 0.05) is 5.92 Å². The van der Waals surface area contributed by atoms with E-state index in [4.69, 9.17) is 4.74 Å². The van der Waals surface area contributed by atoms with E-state index in [1.807, 2.05) is 0 Å².